The Hall–Kier alpha value is -1.89. The van der Waals surface area contributed by atoms with E-state index in [0.29, 0.717) is 12.3 Å². The predicted octanol–water partition coefficient (Wildman–Crippen LogP) is 2.70. The quantitative estimate of drug-likeness (QED) is 0.932. The van der Waals surface area contributed by atoms with Crippen molar-refractivity contribution in [1.82, 2.24) is 10.1 Å². The molecule has 0 saturated carbocycles. The summed E-state index contributed by atoms with van der Waals surface area (Å²) in [7, 11) is 0. The number of aromatic nitrogens is 2. The van der Waals surface area contributed by atoms with E-state index < -0.39 is 17.8 Å². The van der Waals surface area contributed by atoms with Gasteiger partial charge in [-0.2, -0.15) is 18.2 Å². The second-order valence-electron chi connectivity index (χ2n) is 3.96. The minimum absolute atomic E-state index is 0.0496. The number of benzene rings is 1. The molecule has 1 unspecified atom stereocenters. The number of aryl methyl sites for hydroxylation is 1. The Balaban J connectivity index is 2.41. The number of hydrogen-bond donors (Lipinski definition) is 1. The highest BCUT2D eigenvalue weighted by Crippen LogP contribution is 2.35. The maximum Gasteiger partial charge on any atom is 0.416 e. The molecule has 2 N–H and O–H groups in total. The fourth-order valence-corrected chi connectivity index (χ4v) is 1.70. The Morgan fingerprint density at radius 2 is 2.00 bits per heavy atom. The first-order valence-corrected chi connectivity index (χ1v) is 5.67. The van der Waals surface area contributed by atoms with Crippen molar-refractivity contribution in [1.29, 1.82) is 0 Å². The summed E-state index contributed by atoms with van der Waals surface area (Å²) in [6.07, 6.45) is -3.97. The van der Waals surface area contributed by atoms with Crippen LogP contribution >= 0.6 is 0 Å². The Kier molecular flexibility index (Phi) is 3.57. The van der Waals surface area contributed by atoms with Gasteiger partial charge in [0.15, 0.2) is 5.82 Å². The summed E-state index contributed by atoms with van der Waals surface area (Å²) in [5.41, 5.74) is 4.94. The van der Waals surface area contributed by atoms with E-state index in [1.165, 1.54) is 18.2 Å². The maximum absolute atomic E-state index is 12.9. The van der Waals surface area contributed by atoms with Gasteiger partial charge < -0.3 is 10.3 Å². The van der Waals surface area contributed by atoms with Crippen molar-refractivity contribution in [2.45, 2.75) is 25.6 Å². The first kappa shape index (κ1) is 13.5. The molecule has 1 atom stereocenters. The minimum atomic E-state index is -4.47. The molecule has 0 spiro atoms. The van der Waals surface area contributed by atoms with E-state index in [0.717, 1.165) is 6.07 Å². The molecule has 0 saturated heterocycles. The van der Waals surface area contributed by atoms with Crippen LogP contribution in [0.3, 0.4) is 0 Å². The number of hydrogen-bond acceptors (Lipinski definition) is 4. The van der Waals surface area contributed by atoms with Crippen LogP contribution in [0.2, 0.25) is 0 Å². The van der Waals surface area contributed by atoms with Gasteiger partial charge in [0, 0.05) is 6.42 Å². The first-order chi connectivity index (χ1) is 8.93. The molecule has 2 aromatic rings. The molecule has 0 radical (unpaired) electrons. The van der Waals surface area contributed by atoms with E-state index >= 15 is 0 Å². The predicted molar refractivity (Wildman–Crippen MR) is 61.2 cm³/mol. The van der Waals surface area contributed by atoms with E-state index in [-0.39, 0.29) is 11.4 Å². The number of halogens is 3. The fourth-order valence-electron chi connectivity index (χ4n) is 1.70. The maximum atomic E-state index is 12.9. The summed E-state index contributed by atoms with van der Waals surface area (Å²) >= 11 is 0. The lowest BCUT2D eigenvalue weighted by Crippen LogP contribution is -2.19. The van der Waals surface area contributed by atoms with Gasteiger partial charge in [0.1, 0.15) is 0 Å². The lowest BCUT2D eigenvalue weighted by Gasteiger charge is -2.15. The summed E-state index contributed by atoms with van der Waals surface area (Å²) in [5.74, 6) is 0.392. The normalized spacial score (nSPS) is 13.5. The Labute approximate surface area is 107 Å². The molecule has 0 bridgehead atoms. The first-order valence-electron chi connectivity index (χ1n) is 5.67. The van der Waals surface area contributed by atoms with Crippen molar-refractivity contribution in [2.75, 3.05) is 0 Å². The van der Waals surface area contributed by atoms with Crippen LogP contribution in [0.25, 0.3) is 0 Å². The zero-order chi connectivity index (χ0) is 14.0. The topological polar surface area (TPSA) is 64.9 Å². The minimum Gasteiger partial charge on any atom is -0.339 e. The number of nitrogens with two attached hydrogens (primary N) is 1. The molecular formula is C12H12F3N3O. The second-order valence-corrected chi connectivity index (χ2v) is 3.96. The highest BCUT2D eigenvalue weighted by Gasteiger charge is 2.35. The third-order valence-electron chi connectivity index (χ3n) is 2.67. The van der Waals surface area contributed by atoms with Crippen LogP contribution in [-0.2, 0) is 12.6 Å². The fraction of sp³-hybridized carbons (Fsp3) is 0.333. The Bertz CT molecular complexity index is 565. The second kappa shape index (κ2) is 5.00. The van der Waals surface area contributed by atoms with Gasteiger partial charge in [0.25, 0.3) is 0 Å². The summed E-state index contributed by atoms with van der Waals surface area (Å²) in [5, 5.41) is 3.61. The molecule has 0 aliphatic heterocycles. The van der Waals surface area contributed by atoms with Crippen molar-refractivity contribution < 1.29 is 17.7 Å². The van der Waals surface area contributed by atoms with Gasteiger partial charge in [-0.15, -0.1) is 0 Å². The zero-order valence-corrected chi connectivity index (χ0v) is 10.1. The van der Waals surface area contributed by atoms with E-state index in [2.05, 4.69) is 10.1 Å². The molecule has 0 aliphatic rings. The van der Waals surface area contributed by atoms with E-state index in [9.17, 15) is 13.2 Å². The lowest BCUT2D eigenvalue weighted by atomic mass is 10.00. The van der Waals surface area contributed by atoms with Crippen LogP contribution in [-0.4, -0.2) is 10.1 Å². The summed E-state index contributed by atoms with van der Waals surface area (Å²) in [6, 6.07) is 4.03. The molecule has 4 nitrogen and oxygen atoms in total. The lowest BCUT2D eigenvalue weighted by molar-refractivity contribution is -0.138. The molecule has 102 valence electrons. The molecule has 0 fully saturated rings. The number of nitrogens with zero attached hydrogens (tertiary/aromatic N) is 2. The van der Waals surface area contributed by atoms with Crippen LogP contribution in [0, 0.1) is 0 Å². The average molecular weight is 271 g/mol. The molecule has 19 heavy (non-hydrogen) atoms. The largest absolute Gasteiger partial charge is 0.416 e. The summed E-state index contributed by atoms with van der Waals surface area (Å²) < 4.78 is 43.5. The van der Waals surface area contributed by atoms with Gasteiger partial charge in [-0.25, -0.2) is 0 Å². The van der Waals surface area contributed by atoms with E-state index in [1.54, 1.807) is 6.92 Å². The van der Waals surface area contributed by atoms with Gasteiger partial charge in [0.2, 0.25) is 5.89 Å². The Morgan fingerprint density at radius 3 is 2.58 bits per heavy atom. The van der Waals surface area contributed by atoms with Crippen LogP contribution in [0.5, 0.6) is 0 Å². The monoisotopic (exact) mass is 271 g/mol. The summed E-state index contributed by atoms with van der Waals surface area (Å²) in [6.45, 7) is 1.80. The Morgan fingerprint density at radius 1 is 1.32 bits per heavy atom. The molecule has 0 amide bonds. The molecule has 0 aliphatic carbocycles. The number of alkyl halides is 3. The van der Waals surface area contributed by atoms with Gasteiger partial charge in [-0.3, -0.25) is 0 Å². The van der Waals surface area contributed by atoms with Gasteiger partial charge in [-0.1, -0.05) is 30.3 Å². The van der Waals surface area contributed by atoms with Crippen LogP contribution in [0.4, 0.5) is 13.2 Å². The summed E-state index contributed by atoms with van der Waals surface area (Å²) in [4.78, 5) is 3.96. The van der Waals surface area contributed by atoms with Crippen molar-refractivity contribution in [3.05, 3.63) is 47.1 Å². The molecule has 1 aromatic carbocycles. The van der Waals surface area contributed by atoms with Crippen LogP contribution in [0.15, 0.2) is 28.8 Å². The average Bonchev–Trinajstić information content (AvgIpc) is 2.85. The molecular weight excluding hydrogens is 259 g/mol. The third kappa shape index (κ3) is 2.76. The van der Waals surface area contributed by atoms with E-state index in [1.807, 2.05) is 0 Å². The van der Waals surface area contributed by atoms with Gasteiger partial charge >= 0.3 is 6.18 Å². The van der Waals surface area contributed by atoms with Gasteiger partial charge in [0.05, 0.1) is 11.6 Å². The highest BCUT2D eigenvalue weighted by atomic mass is 19.4. The van der Waals surface area contributed by atoms with Crippen molar-refractivity contribution in [3.63, 3.8) is 0 Å². The van der Waals surface area contributed by atoms with Crippen molar-refractivity contribution in [2.24, 2.45) is 5.73 Å². The molecule has 2 rings (SSSR count). The van der Waals surface area contributed by atoms with Crippen LogP contribution in [0.1, 0.15) is 35.8 Å². The highest BCUT2D eigenvalue weighted by molar-refractivity contribution is 5.35. The zero-order valence-electron chi connectivity index (χ0n) is 10.1. The molecule has 1 heterocycles. The standard InChI is InChI=1S/C12H12F3N3O/c1-2-9-17-11(18-19-9)10(16)7-5-3-4-6-8(7)12(13,14)15/h3-6,10H,2,16H2,1H3. The van der Waals surface area contributed by atoms with Gasteiger partial charge in [-0.05, 0) is 11.6 Å². The van der Waals surface area contributed by atoms with E-state index in [4.69, 9.17) is 10.3 Å². The van der Waals surface area contributed by atoms with Crippen molar-refractivity contribution >= 4 is 0 Å². The van der Waals surface area contributed by atoms with Crippen LogP contribution < -0.4 is 5.73 Å². The SMILES string of the molecule is CCc1nc(C(N)c2ccccc2C(F)(F)F)no1. The van der Waals surface area contributed by atoms with Crippen molar-refractivity contribution in [3.8, 4) is 0 Å². The molecule has 7 heteroatoms. The molecule has 1 aromatic heterocycles. The number of rotatable bonds is 3. The smallest absolute Gasteiger partial charge is 0.339 e. The third-order valence-corrected chi connectivity index (χ3v) is 2.67.